The van der Waals surface area contributed by atoms with Crippen LogP contribution in [0.3, 0.4) is 0 Å². The molecule has 0 aliphatic heterocycles. The number of ether oxygens (including phenoxy) is 4. The molecule has 11 aliphatic rings. The van der Waals surface area contributed by atoms with Crippen molar-refractivity contribution in [3.8, 4) is 0 Å². The van der Waals surface area contributed by atoms with E-state index in [1.165, 1.54) is 38.2 Å². The van der Waals surface area contributed by atoms with Crippen LogP contribution in [0.2, 0.25) is 0 Å². The molecule has 4 spiro atoms. The van der Waals surface area contributed by atoms with Crippen molar-refractivity contribution in [1.82, 2.24) is 0 Å². The summed E-state index contributed by atoms with van der Waals surface area (Å²) in [7, 11) is 8.39. The van der Waals surface area contributed by atoms with Gasteiger partial charge in [0.2, 0.25) is 0 Å². The third-order valence-corrected chi connectivity index (χ3v) is 32.1. The van der Waals surface area contributed by atoms with Gasteiger partial charge in [-0.1, -0.05) is 55.8 Å². The van der Waals surface area contributed by atoms with E-state index in [4.69, 9.17) is 18.9 Å². The third kappa shape index (κ3) is 7.41. The van der Waals surface area contributed by atoms with Crippen LogP contribution in [-0.2, 0) is 86.4 Å². The smallest absolute Gasteiger partial charge is 0.325 e. The molecule has 11 aliphatic carbocycles. The zero-order chi connectivity index (χ0) is 74.4. The lowest BCUT2D eigenvalue weighted by Gasteiger charge is -2.64. The number of aryl methyl sites for hydroxylation is 1. The fourth-order valence-corrected chi connectivity index (χ4v) is 29.0. The first kappa shape index (κ1) is 67.9. The number of hydrogen-bond acceptors (Lipinski definition) is 12. The number of allylic oxidation sites excluding steroid dienone is 2. The zero-order valence-electron chi connectivity index (χ0n) is 63.5. The number of rotatable bonds is 34. The van der Waals surface area contributed by atoms with Gasteiger partial charge in [0, 0.05) is 27.6 Å². The number of nitrogens with zero attached hydrogens (tertiary/aromatic N) is 4. The molecule has 4 saturated carbocycles. The predicted octanol–water partition coefficient (Wildman–Crippen LogP) is 12.7. The predicted molar refractivity (Wildman–Crippen MR) is 415 cm³/mol. The minimum Gasteiger partial charge on any atom is -0.465 e. The molecule has 107 heavy (non-hydrogen) atoms. The number of esters is 4. The summed E-state index contributed by atoms with van der Waals surface area (Å²) in [6.45, 7) is 10.3. The topological polar surface area (TPSA) is 214 Å². The molecule has 2 N–H and O–H groups in total. The molecule has 0 saturated heterocycles. The number of carbonyl (C=O) groups is 4. The Morgan fingerprint density at radius 1 is 0.486 bits per heavy atom. The molecule has 0 amide bonds. The molecule has 0 bridgehead atoms. The highest BCUT2D eigenvalue weighted by molar-refractivity contribution is 7.86. The van der Waals surface area contributed by atoms with E-state index in [1.54, 1.807) is 0 Å². The van der Waals surface area contributed by atoms with E-state index in [1.807, 2.05) is 28.2 Å². The number of carbonyl (C=O) groups excluding carboxylic acids is 4. The van der Waals surface area contributed by atoms with Crippen molar-refractivity contribution >= 4 is 153 Å². The SMILES string of the molecule is CCC[N+](C)(C)CCCCOC(=O)C1(C(=O)OCCCC[N+](C)(C)CCS(=O)(=O)O)C23CCc4cc5cc6c7c8c9c%10c%11c%12c%13c(cc%14ccc2c2c%15c%16c%17c(c4C%1613)c5c7c9c%17c%11c%15c%13c%142)C=C1CC2CC8(C=C6)C23C(C(=O)OCCCC[N+](C)(C)CCC)(C(=O)OCCCC[N+](C)(C)CCS(=O)(=O)O)C%103C1%12. The lowest BCUT2D eigenvalue weighted by molar-refractivity contribution is -0.890. The van der Waals surface area contributed by atoms with E-state index < -0.39 is 82.0 Å². The first-order chi connectivity index (χ1) is 50.8. The van der Waals surface area contributed by atoms with Crippen LogP contribution < -0.4 is 0 Å². The van der Waals surface area contributed by atoms with Gasteiger partial charge in [0.25, 0.3) is 20.2 Å². The van der Waals surface area contributed by atoms with Crippen molar-refractivity contribution in [2.24, 2.45) is 22.2 Å². The van der Waals surface area contributed by atoms with Gasteiger partial charge in [-0.25, -0.2) is 0 Å². The molecule has 18 nitrogen and oxygen atoms in total. The molecule has 0 aromatic heterocycles. The Balaban J connectivity index is 0.798. The van der Waals surface area contributed by atoms with Crippen molar-refractivity contribution in [3.05, 3.63) is 92.1 Å². The van der Waals surface area contributed by atoms with E-state index >= 15 is 19.2 Å². The first-order valence-corrected chi connectivity index (χ1v) is 43.2. The van der Waals surface area contributed by atoms with Crippen molar-refractivity contribution in [2.45, 2.75) is 131 Å². The summed E-state index contributed by atoms with van der Waals surface area (Å²) in [6, 6.07) is 11.7. The second-order valence-corrected chi connectivity index (χ2v) is 40.9. The maximum absolute atomic E-state index is 17.2. The van der Waals surface area contributed by atoms with Crippen molar-refractivity contribution in [2.75, 3.05) is 147 Å². The minimum atomic E-state index is -4.18. The number of unbranched alkanes of at least 4 members (excludes halogenated alkanes) is 4. The van der Waals surface area contributed by atoms with Crippen molar-refractivity contribution in [1.29, 1.82) is 0 Å². The molecule has 9 unspecified atom stereocenters. The summed E-state index contributed by atoms with van der Waals surface area (Å²) in [4.78, 5) is 68.4. The molecule has 20 heteroatoms. The van der Waals surface area contributed by atoms with E-state index in [0.717, 1.165) is 182 Å². The lowest BCUT2D eigenvalue weighted by Crippen LogP contribution is -2.62. The Labute approximate surface area is 623 Å². The maximum atomic E-state index is 17.2. The fraction of sp³-hybridized carbons (Fsp3) is 0.540. The van der Waals surface area contributed by atoms with Gasteiger partial charge in [-0.05, 0) is 255 Å². The summed E-state index contributed by atoms with van der Waals surface area (Å²) in [6.07, 6.45) is 17.0. The zero-order valence-corrected chi connectivity index (χ0v) is 65.1. The van der Waals surface area contributed by atoms with Crippen LogP contribution in [0.25, 0.3) is 109 Å². The molecular weight excluding hydrogens is 1390 g/mol. The van der Waals surface area contributed by atoms with E-state index in [-0.39, 0.29) is 62.9 Å². The van der Waals surface area contributed by atoms with Crippen molar-refractivity contribution < 1.29 is 82.0 Å². The number of benzene rings is 8. The van der Waals surface area contributed by atoms with Gasteiger partial charge in [0.05, 0.1) is 141 Å². The molecule has 0 heterocycles. The molecule has 10 aromatic carbocycles. The quantitative estimate of drug-likeness (QED) is 0.00561. The molecule has 21 rings (SSSR count). The lowest BCUT2D eigenvalue weighted by atomic mass is 9.38. The average Bonchev–Trinajstić information content (AvgIpc) is 1.36. The second kappa shape index (κ2) is 20.9. The van der Waals surface area contributed by atoms with Crippen LogP contribution in [-0.4, -0.2) is 214 Å². The molecule has 9 atom stereocenters. The molecule has 558 valence electrons. The summed E-state index contributed by atoms with van der Waals surface area (Å²) < 4.78 is 97.2. The van der Waals surface area contributed by atoms with Crippen LogP contribution in [0.5, 0.6) is 0 Å². The summed E-state index contributed by atoms with van der Waals surface area (Å²) in [5.41, 5.74) is 2.44. The second-order valence-electron chi connectivity index (χ2n) is 37.7. The van der Waals surface area contributed by atoms with Crippen LogP contribution in [0.1, 0.15) is 153 Å². The highest BCUT2D eigenvalue weighted by Gasteiger charge is 3.08. The first-order valence-electron chi connectivity index (χ1n) is 39.9. The number of hydrogen-bond donors (Lipinski definition) is 2. The maximum Gasteiger partial charge on any atom is 0.325 e. The molecule has 0 radical (unpaired) electrons. The highest BCUT2D eigenvalue weighted by atomic mass is 32.2. The molecule has 10 aromatic rings. The van der Waals surface area contributed by atoms with Gasteiger partial charge in [-0.2, -0.15) is 16.8 Å². The van der Waals surface area contributed by atoms with Crippen LogP contribution in [0.15, 0.2) is 42.0 Å². The van der Waals surface area contributed by atoms with Gasteiger partial charge in [0.1, 0.15) is 11.5 Å². The van der Waals surface area contributed by atoms with Crippen LogP contribution >= 0.6 is 0 Å². The van der Waals surface area contributed by atoms with Gasteiger partial charge < -0.3 is 36.9 Å². The molecular formula is C87H98N4O14S2+4. The van der Waals surface area contributed by atoms with Crippen LogP contribution in [0, 0.1) is 22.2 Å². The van der Waals surface area contributed by atoms with Gasteiger partial charge in [-0.3, -0.25) is 28.3 Å². The summed E-state index contributed by atoms with van der Waals surface area (Å²) >= 11 is 0. The van der Waals surface area contributed by atoms with Gasteiger partial charge >= 0.3 is 23.9 Å². The van der Waals surface area contributed by atoms with Gasteiger partial charge in [0.15, 0.2) is 10.8 Å². The van der Waals surface area contributed by atoms with E-state index in [2.05, 4.69) is 90.6 Å². The van der Waals surface area contributed by atoms with E-state index in [9.17, 15) is 25.9 Å². The standard InChI is InChI=1S/C87H96N4O14S2/c1-11-27-88(3,4)29-13-17-35-102-77(92)85(78(93)103-36-19-15-31-90(7,8)33-39-106(96,97)98)82-26-24-49-43-50-42-48-23-25-81-46-53-45-52-44-51-41-47-21-22-54(82)59-55(47)60-56(51)67-70-63-62(60)68(59)75-69-64(63)65-61(57(50)66(69)72(49)83(75,82)85)58(48)74(81)71(65)76(70)84(73(52)67)86(87(53,81)84,79(94)104-37-18-14-30-89(5,6)28-12-2)80(95)105-38-20-16-32-91(9,10)34-40-107(99,100)101/h21-23,25,41-44,53,73H,11-20,24,26-40,45-46H2,1-10H3/q+2/p+2. The Kier molecular flexibility index (Phi) is 13.3. The Morgan fingerprint density at radius 3 is 1.53 bits per heavy atom. The fourth-order valence-electron chi connectivity index (χ4n) is 27.6. The molecule has 4 fully saturated rings. The average molecular weight is 1490 g/mol. The Morgan fingerprint density at radius 2 is 0.972 bits per heavy atom. The third-order valence-electron chi connectivity index (χ3n) is 30.7. The summed E-state index contributed by atoms with van der Waals surface area (Å²) in [5.74, 6) is -3.28. The van der Waals surface area contributed by atoms with Crippen LogP contribution in [0.4, 0.5) is 0 Å². The highest BCUT2D eigenvalue weighted by Crippen LogP contribution is 3.04. The van der Waals surface area contributed by atoms with E-state index in [0.29, 0.717) is 79.8 Å². The Bertz CT molecular complexity index is 6070. The number of quaternary nitrogens is 4. The summed E-state index contributed by atoms with van der Waals surface area (Å²) in [5, 5.41) is 20.5. The van der Waals surface area contributed by atoms with Crippen molar-refractivity contribution in [3.63, 3.8) is 0 Å². The monoisotopic (exact) mass is 1490 g/mol. The van der Waals surface area contributed by atoms with Gasteiger partial charge in [-0.15, -0.1) is 0 Å². The normalized spacial score (nSPS) is 28.0. The Hall–Kier alpha value is -7.14. The minimum absolute atomic E-state index is 0.0337. The largest absolute Gasteiger partial charge is 0.465 e.